The number of hydrogen-bond donors (Lipinski definition) is 1. The monoisotopic (exact) mass is 566 g/mol. The zero-order valence-electron chi connectivity index (χ0n) is 23.7. The molecular weight excluding hydrogens is 532 g/mol. The van der Waals surface area contributed by atoms with E-state index >= 15 is 0 Å². The van der Waals surface area contributed by atoms with Crippen LogP contribution < -0.4 is 10.4 Å². The highest BCUT2D eigenvalue weighted by atomic mass is 16.6. The van der Waals surface area contributed by atoms with Gasteiger partial charge in [-0.25, -0.2) is 4.79 Å². The molecule has 0 saturated heterocycles. The molecule has 3 aliphatic rings. The summed E-state index contributed by atoms with van der Waals surface area (Å²) in [7, 11) is 0. The Kier molecular flexibility index (Phi) is 7.11. The highest BCUT2D eigenvalue weighted by molar-refractivity contribution is 5.67. The van der Waals surface area contributed by atoms with Crippen LogP contribution in [0, 0.1) is 22.7 Å². The van der Waals surface area contributed by atoms with Gasteiger partial charge in [-0.05, 0) is 55.2 Å². The Morgan fingerprint density at radius 3 is 2.66 bits per heavy atom. The lowest BCUT2D eigenvalue weighted by molar-refractivity contribution is -0.243. The number of carbonyl (C=O) groups is 2. The van der Waals surface area contributed by atoms with Crippen LogP contribution >= 0.6 is 0 Å². The molecule has 1 aliphatic heterocycles. The van der Waals surface area contributed by atoms with Crippen LogP contribution in [-0.4, -0.2) is 46.4 Å². The van der Waals surface area contributed by atoms with Gasteiger partial charge in [0.05, 0.1) is 12.1 Å². The molecule has 0 spiro atoms. The molecule has 3 unspecified atom stereocenters. The first-order valence-corrected chi connectivity index (χ1v) is 13.7. The summed E-state index contributed by atoms with van der Waals surface area (Å²) < 4.78 is 23.5. The standard InChI is InChI=1S/C29H34N4O8/c1-15(34)38-14-28(4)20-12-21(32-33-30)29(5)25(27(20,3)9-8-22(28)39-16(2)35)24(36)23-19(41-29)11-18(40-26(23)37)17-7-6-10-31-13-17/h6-7,10-11,13,20-22,24-25,36H,8-9,12,14H2,1-5H3/t20?,21-,22+,24+,25?,27+,28?,29-/m1/s1. The maximum absolute atomic E-state index is 13.4. The lowest BCUT2D eigenvalue weighted by Gasteiger charge is -2.66. The van der Waals surface area contributed by atoms with Crippen LogP contribution in [0.25, 0.3) is 21.8 Å². The van der Waals surface area contributed by atoms with Crippen LogP contribution in [0.1, 0.15) is 65.5 Å². The van der Waals surface area contributed by atoms with E-state index in [2.05, 4.69) is 15.0 Å². The summed E-state index contributed by atoms with van der Waals surface area (Å²) in [4.78, 5) is 44.5. The normalized spacial score (nSPS) is 35.4. The van der Waals surface area contributed by atoms with Crippen LogP contribution in [0.5, 0.6) is 5.75 Å². The molecule has 12 nitrogen and oxygen atoms in total. The van der Waals surface area contributed by atoms with Gasteiger partial charge in [0, 0.05) is 54.1 Å². The average Bonchev–Trinajstić information content (AvgIpc) is 2.90. The van der Waals surface area contributed by atoms with E-state index in [-0.39, 0.29) is 29.6 Å². The van der Waals surface area contributed by atoms with Crippen molar-refractivity contribution in [3.05, 3.63) is 57.0 Å². The molecule has 12 heteroatoms. The number of fused-ring (bicyclic) bond motifs is 4. The van der Waals surface area contributed by atoms with Crippen molar-refractivity contribution in [3.8, 4) is 17.1 Å². The van der Waals surface area contributed by atoms with Crippen LogP contribution in [-0.2, 0) is 19.1 Å². The van der Waals surface area contributed by atoms with Crippen LogP contribution in [0.4, 0.5) is 0 Å². The van der Waals surface area contributed by atoms with Gasteiger partial charge in [0.25, 0.3) is 0 Å². The molecular formula is C29H34N4O8. The van der Waals surface area contributed by atoms with Crippen LogP contribution in [0.2, 0.25) is 0 Å². The summed E-state index contributed by atoms with van der Waals surface area (Å²) in [5.41, 5.74) is 6.59. The minimum Gasteiger partial charge on any atom is -0.486 e. The van der Waals surface area contributed by atoms with E-state index in [1.165, 1.54) is 13.8 Å². The second-order valence-corrected chi connectivity index (χ2v) is 12.1. The Bertz CT molecular complexity index is 1470. The van der Waals surface area contributed by atoms with Gasteiger partial charge >= 0.3 is 17.6 Å². The second kappa shape index (κ2) is 10.2. The van der Waals surface area contributed by atoms with Crippen molar-refractivity contribution in [3.63, 3.8) is 0 Å². The molecule has 0 radical (unpaired) electrons. The highest BCUT2D eigenvalue weighted by Gasteiger charge is 2.69. The zero-order chi connectivity index (χ0) is 29.7. The summed E-state index contributed by atoms with van der Waals surface area (Å²) in [6.07, 6.45) is 2.48. The fraction of sp³-hybridized carbons (Fsp3) is 0.586. The van der Waals surface area contributed by atoms with Gasteiger partial charge in [0.15, 0.2) is 0 Å². The first-order valence-electron chi connectivity index (χ1n) is 13.7. The van der Waals surface area contributed by atoms with E-state index in [1.54, 1.807) is 37.5 Å². The van der Waals surface area contributed by atoms with Crippen molar-refractivity contribution >= 4 is 11.9 Å². The van der Waals surface area contributed by atoms with Gasteiger partial charge in [0.1, 0.15) is 35.4 Å². The molecule has 0 aromatic carbocycles. The fourth-order valence-electron chi connectivity index (χ4n) is 7.91. The van der Waals surface area contributed by atoms with Gasteiger partial charge < -0.3 is 23.7 Å². The number of hydrogen-bond acceptors (Lipinski definition) is 10. The minimum absolute atomic E-state index is 0.00882. The molecule has 8 atom stereocenters. The van der Waals surface area contributed by atoms with E-state index in [9.17, 15) is 25.0 Å². The molecule has 41 heavy (non-hydrogen) atoms. The molecule has 2 aromatic rings. The largest absolute Gasteiger partial charge is 0.486 e. The Hall–Kier alpha value is -3.89. The molecule has 2 fully saturated rings. The molecule has 218 valence electrons. The number of rotatable bonds is 5. The molecule has 2 aliphatic carbocycles. The number of ether oxygens (including phenoxy) is 3. The molecule has 2 aromatic heterocycles. The first-order chi connectivity index (χ1) is 19.3. The van der Waals surface area contributed by atoms with Crippen LogP contribution in [0.3, 0.4) is 0 Å². The van der Waals surface area contributed by atoms with Crippen molar-refractivity contribution < 1.29 is 33.3 Å². The first kappa shape index (κ1) is 28.6. The number of carbonyl (C=O) groups excluding carboxylic acids is 2. The maximum Gasteiger partial charge on any atom is 0.345 e. The Labute approximate surface area is 236 Å². The Balaban J connectivity index is 1.66. The number of aliphatic hydroxyl groups excluding tert-OH is 1. The number of esters is 2. The Morgan fingerprint density at radius 1 is 1.27 bits per heavy atom. The van der Waals surface area contributed by atoms with Gasteiger partial charge in [-0.2, -0.15) is 0 Å². The van der Waals surface area contributed by atoms with Gasteiger partial charge in [-0.1, -0.05) is 19.0 Å². The summed E-state index contributed by atoms with van der Waals surface area (Å²) in [5.74, 6) is -1.64. The van der Waals surface area contributed by atoms with Crippen LogP contribution in [0.15, 0.2) is 44.9 Å². The van der Waals surface area contributed by atoms with E-state index in [0.717, 1.165) is 0 Å². The summed E-state index contributed by atoms with van der Waals surface area (Å²) in [6, 6.07) is 4.23. The maximum atomic E-state index is 13.4. The third-order valence-electron chi connectivity index (χ3n) is 9.64. The van der Waals surface area contributed by atoms with Crippen molar-refractivity contribution in [1.29, 1.82) is 0 Å². The molecule has 0 bridgehead atoms. The average molecular weight is 567 g/mol. The number of azide groups is 1. The van der Waals surface area contributed by atoms with Gasteiger partial charge in [0.2, 0.25) is 0 Å². The molecule has 1 N–H and O–H groups in total. The van der Waals surface area contributed by atoms with Crippen molar-refractivity contribution in [2.45, 2.75) is 77.7 Å². The third kappa shape index (κ3) is 4.55. The van der Waals surface area contributed by atoms with Crippen molar-refractivity contribution in [1.82, 2.24) is 4.98 Å². The highest BCUT2D eigenvalue weighted by Crippen LogP contribution is 2.67. The third-order valence-corrected chi connectivity index (χ3v) is 9.64. The van der Waals surface area contributed by atoms with Gasteiger partial charge in [-0.3, -0.25) is 14.6 Å². The zero-order valence-corrected chi connectivity index (χ0v) is 23.7. The molecule has 3 heterocycles. The van der Waals surface area contributed by atoms with E-state index in [4.69, 9.17) is 18.6 Å². The summed E-state index contributed by atoms with van der Waals surface area (Å²) in [6.45, 7) is 8.28. The summed E-state index contributed by atoms with van der Waals surface area (Å²) >= 11 is 0. The number of aromatic nitrogens is 1. The van der Waals surface area contributed by atoms with E-state index in [1.807, 2.05) is 13.8 Å². The minimum atomic E-state index is -1.32. The van der Waals surface area contributed by atoms with E-state index < -0.39 is 58.2 Å². The molecule has 5 rings (SSSR count). The van der Waals surface area contributed by atoms with Crippen molar-refractivity contribution in [2.24, 2.45) is 27.8 Å². The van der Waals surface area contributed by atoms with Gasteiger partial charge in [-0.15, -0.1) is 0 Å². The lowest BCUT2D eigenvalue weighted by Crippen LogP contribution is -2.70. The smallest absolute Gasteiger partial charge is 0.345 e. The predicted molar refractivity (Wildman–Crippen MR) is 144 cm³/mol. The Morgan fingerprint density at radius 2 is 2.02 bits per heavy atom. The fourth-order valence-corrected chi connectivity index (χ4v) is 7.91. The molecule has 0 amide bonds. The topological polar surface area (TPSA) is 174 Å². The predicted octanol–water partition coefficient (Wildman–Crippen LogP) is 4.50. The molecule has 2 saturated carbocycles. The lowest BCUT2D eigenvalue weighted by atomic mass is 9.42. The SMILES string of the molecule is CC(=O)OCC1(C)C2C[C@@H](N=[N+]=[N-])[C@@]3(C)Oc4cc(-c5cccnc5)oc(=O)c4[C@H](O)C3[C@@]2(C)CC[C@@H]1OC(C)=O. The quantitative estimate of drug-likeness (QED) is 0.236. The van der Waals surface area contributed by atoms with E-state index in [0.29, 0.717) is 24.8 Å². The second-order valence-electron chi connectivity index (χ2n) is 12.1. The number of pyridine rings is 1. The summed E-state index contributed by atoms with van der Waals surface area (Å²) in [5, 5.41) is 16.1. The van der Waals surface area contributed by atoms with Crippen molar-refractivity contribution in [2.75, 3.05) is 6.61 Å². The number of aliphatic hydroxyl groups is 1. The number of nitrogens with zero attached hydrogens (tertiary/aromatic N) is 4.